The first-order chi connectivity index (χ1) is 6.79. The lowest BCUT2D eigenvalue weighted by molar-refractivity contribution is 0.485. The van der Waals surface area contributed by atoms with Crippen molar-refractivity contribution in [3.63, 3.8) is 0 Å². The van der Waals surface area contributed by atoms with Gasteiger partial charge in [0.05, 0.1) is 6.07 Å². The van der Waals surface area contributed by atoms with Crippen LogP contribution in [-0.4, -0.2) is 26.3 Å². The number of nitrogens with two attached hydrogens (primary N) is 1. The van der Waals surface area contributed by atoms with Crippen LogP contribution in [0.15, 0.2) is 0 Å². The van der Waals surface area contributed by atoms with E-state index in [-0.39, 0.29) is 12.6 Å². The second kappa shape index (κ2) is 6.05. The molecule has 0 rings (SSSR count). The van der Waals surface area contributed by atoms with Gasteiger partial charge in [0.25, 0.3) is 0 Å². The van der Waals surface area contributed by atoms with E-state index in [0.717, 1.165) is 6.42 Å². The molecule has 15 heavy (non-hydrogen) atoms. The molecule has 0 heterocycles. The second-order valence-electron chi connectivity index (χ2n) is 4.05. The molecule has 88 valence electrons. The van der Waals surface area contributed by atoms with Crippen molar-refractivity contribution in [1.29, 1.82) is 5.26 Å². The molecule has 2 atom stereocenters. The minimum Gasteiger partial charge on any atom is -0.327 e. The molecule has 0 saturated carbocycles. The lowest BCUT2D eigenvalue weighted by Crippen LogP contribution is -2.41. The molecule has 6 heteroatoms. The van der Waals surface area contributed by atoms with Gasteiger partial charge in [-0.1, -0.05) is 13.8 Å². The molecule has 2 unspecified atom stereocenters. The molecule has 0 radical (unpaired) electrons. The van der Waals surface area contributed by atoms with Crippen molar-refractivity contribution >= 4 is 10.0 Å². The average molecular weight is 233 g/mol. The maximum absolute atomic E-state index is 11.4. The standard InChI is InChI=1S/C9H19N3O2S/c1-7(2)4-9(11)6-12-15(13,14)8(3)5-10/h7-9,12H,4,6,11H2,1-3H3. The van der Waals surface area contributed by atoms with Gasteiger partial charge in [-0.05, 0) is 19.3 Å². The Morgan fingerprint density at radius 3 is 2.33 bits per heavy atom. The highest BCUT2D eigenvalue weighted by Gasteiger charge is 2.20. The Balaban J connectivity index is 4.12. The first-order valence-electron chi connectivity index (χ1n) is 4.93. The van der Waals surface area contributed by atoms with Crippen molar-refractivity contribution < 1.29 is 8.42 Å². The van der Waals surface area contributed by atoms with Gasteiger partial charge < -0.3 is 5.73 Å². The van der Waals surface area contributed by atoms with Crippen LogP contribution in [0.25, 0.3) is 0 Å². The largest absolute Gasteiger partial charge is 0.327 e. The van der Waals surface area contributed by atoms with Crippen LogP contribution < -0.4 is 10.5 Å². The Morgan fingerprint density at radius 1 is 1.40 bits per heavy atom. The molecular formula is C9H19N3O2S. The van der Waals surface area contributed by atoms with E-state index in [1.807, 2.05) is 13.8 Å². The van der Waals surface area contributed by atoms with Crippen LogP contribution in [0.3, 0.4) is 0 Å². The van der Waals surface area contributed by atoms with Crippen LogP contribution in [0.4, 0.5) is 0 Å². The van der Waals surface area contributed by atoms with Gasteiger partial charge in [-0.25, -0.2) is 13.1 Å². The summed E-state index contributed by atoms with van der Waals surface area (Å²) >= 11 is 0. The topological polar surface area (TPSA) is 96.0 Å². The number of nitrogens with zero attached hydrogens (tertiary/aromatic N) is 1. The molecule has 0 aromatic heterocycles. The number of hydrogen-bond donors (Lipinski definition) is 2. The monoisotopic (exact) mass is 233 g/mol. The summed E-state index contributed by atoms with van der Waals surface area (Å²) in [4.78, 5) is 0. The van der Waals surface area contributed by atoms with E-state index in [1.54, 1.807) is 6.07 Å². The summed E-state index contributed by atoms with van der Waals surface area (Å²) < 4.78 is 25.1. The lowest BCUT2D eigenvalue weighted by Gasteiger charge is -2.15. The molecule has 0 spiro atoms. The molecule has 0 amide bonds. The van der Waals surface area contributed by atoms with Gasteiger partial charge in [-0.3, -0.25) is 0 Å². The zero-order valence-corrected chi connectivity index (χ0v) is 10.2. The van der Waals surface area contributed by atoms with Crippen molar-refractivity contribution in [3.8, 4) is 6.07 Å². The smallest absolute Gasteiger partial charge is 0.227 e. The first-order valence-corrected chi connectivity index (χ1v) is 6.48. The fraction of sp³-hybridized carbons (Fsp3) is 0.889. The molecule has 0 bridgehead atoms. The molecule has 0 fully saturated rings. The van der Waals surface area contributed by atoms with E-state index in [1.165, 1.54) is 6.92 Å². The van der Waals surface area contributed by atoms with Crippen LogP contribution in [0.1, 0.15) is 27.2 Å². The van der Waals surface area contributed by atoms with Crippen LogP contribution in [-0.2, 0) is 10.0 Å². The number of sulfonamides is 1. The predicted octanol–water partition coefficient (Wildman–Crippen LogP) is 0.191. The molecule has 0 aromatic rings. The third-order valence-corrected chi connectivity index (χ3v) is 3.57. The van der Waals surface area contributed by atoms with Crippen molar-refractivity contribution in [2.24, 2.45) is 11.7 Å². The van der Waals surface area contributed by atoms with Gasteiger partial charge >= 0.3 is 0 Å². The minimum atomic E-state index is -3.53. The van der Waals surface area contributed by atoms with Crippen LogP contribution in [0.5, 0.6) is 0 Å². The van der Waals surface area contributed by atoms with Crippen LogP contribution in [0, 0.1) is 17.2 Å². The Hall–Kier alpha value is -0.640. The molecule has 0 aliphatic rings. The SMILES string of the molecule is CC(C)CC(N)CNS(=O)(=O)C(C)C#N. The Kier molecular flexibility index (Phi) is 5.80. The fourth-order valence-electron chi connectivity index (χ4n) is 1.11. The maximum atomic E-state index is 11.4. The van der Waals surface area contributed by atoms with Crippen molar-refractivity contribution in [1.82, 2.24) is 4.72 Å². The molecular weight excluding hydrogens is 214 g/mol. The summed E-state index contributed by atoms with van der Waals surface area (Å²) in [6, 6.07) is 1.48. The zero-order valence-electron chi connectivity index (χ0n) is 9.40. The molecule has 0 aromatic carbocycles. The normalized spacial score (nSPS) is 16.0. The number of nitrogens with one attached hydrogen (secondary N) is 1. The second-order valence-corrected chi connectivity index (χ2v) is 6.14. The summed E-state index contributed by atoms with van der Waals surface area (Å²) in [5.41, 5.74) is 5.71. The third kappa shape index (κ3) is 5.72. The van der Waals surface area contributed by atoms with E-state index in [4.69, 9.17) is 11.0 Å². The highest BCUT2D eigenvalue weighted by atomic mass is 32.2. The van der Waals surface area contributed by atoms with Gasteiger partial charge in [0.2, 0.25) is 10.0 Å². The maximum Gasteiger partial charge on any atom is 0.227 e. The van der Waals surface area contributed by atoms with Crippen molar-refractivity contribution in [3.05, 3.63) is 0 Å². The highest BCUT2D eigenvalue weighted by Crippen LogP contribution is 2.03. The van der Waals surface area contributed by atoms with E-state index < -0.39 is 15.3 Å². The van der Waals surface area contributed by atoms with Crippen LogP contribution >= 0.6 is 0 Å². The van der Waals surface area contributed by atoms with Gasteiger partial charge in [0.15, 0.2) is 5.25 Å². The molecule has 0 aliphatic heterocycles. The summed E-state index contributed by atoms with van der Waals surface area (Å²) in [6.07, 6.45) is 0.753. The van der Waals surface area contributed by atoms with Gasteiger partial charge in [0, 0.05) is 12.6 Å². The van der Waals surface area contributed by atoms with E-state index in [0.29, 0.717) is 5.92 Å². The number of nitriles is 1. The molecule has 5 nitrogen and oxygen atoms in total. The third-order valence-electron chi connectivity index (χ3n) is 1.97. The van der Waals surface area contributed by atoms with Gasteiger partial charge in [-0.2, -0.15) is 5.26 Å². The van der Waals surface area contributed by atoms with Crippen LogP contribution in [0.2, 0.25) is 0 Å². The summed E-state index contributed by atoms with van der Waals surface area (Å²) in [5, 5.41) is 7.44. The summed E-state index contributed by atoms with van der Waals surface area (Å²) in [5.74, 6) is 0.429. The van der Waals surface area contributed by atoms with E-state index in [9.17, 15) is 8.42 Å². The number of hydrogen-bond acceptors (Lipinski definition) is 4. The quantitative estimate of drug-likeness (QED) is 0.684. The van der Waals surface area contributed by atoms with Gasteiger partial charge in [0.1, 0.15) is 0 Å². The summed E-state index contributed by atoms with van der Waals surface area (Å²) in [7, 11) is -3.53. The van der Waals surface area contributed by atoms with Crippen molar-refractivity contribution in [2.45, 2.75) is 38.5 Å². The molecule has 3 N–H and O–H groups in total. The first kappa shape index (κ1) is 14.4. The fourth-order valence-corrected chi connectivity index (χ4v) is 1.94. The van der Waals surface area contributed by atoms with Crippen molar-refractivity contribution in [2.75, 3.05) is 6.54 Å². The lowest BCUT2D eigenvalue weighted by atomic mass is 10.1. The highest BCUT2D eigenvalue weighted by molar-refractivity contribution is 7.90. The molecule has 0 saturated heterocycles. The molecule has 0 aliphatic carbocycles. The van der Waals surface area contributed by atoms with Gasteiger partial charge in [-0.15, -0.1) is 0 Å². The zero-order chi connectivity index (χ0) is 12.1. The Labute approximate surface area is 91.7 Å². The average Bonchev–Trinajstić information content (AvgIpc) is 2.12. The van der Waals surface area contributed by atoms with E-state index >= 15 is 0 Å². The summed E-state index contributed by atoms with van der Waals surface area (Å²) in [6.45, 7) is 5.57. The number of rotatable bonds is 6. The Bertz CT molecular complexity index is 319. The Morgan fingerprint density at radius 2 is 1.93 bits per heavy atom. The minimum absolute atomic E-state index is 0.187. The predicted molar refractivity (Wildman–Crippen MR) is 59.4 cm³/mol. The van der Waals surface area contributed by atoms with E-state index in [2.05, 4.69) is 4.72 Å².